The van der Waals surface area contributed by atoms with Gasteiger partial charge in [-0.15, -0.1) is 0 Å². The topological polar surface area (TPSA) is 69.0 Å². The first-order valence-electron chi connectivity index (χ1n) is 8.88. The first-order chi connectivity index (χ1) is 12.1. The summed E-state index contributed by atoms with van der Waals surface area (Å²) in [7, 11) is 1.76. The second kappa shape index (κ2) is 7.35. The van der Waals surface area contributed by atoms with Gasteiger partial charge in [0.1, 0.15) is 12.7 Å². The van der Waals surface area contributed by atoms with E-state index in [9.17, 15) is 4.79 Å². The fraction of sp³-hybridized carbons (Fsp3) is 0.526. The molecule has 1 heterocycles. The Balaban J connectivity index is 1.76. The van der Waals surface area contributed by atoms with Crippen molar-refractivity contribution in [3.05, 3.63) is 48.0 Å². The van der Waals surface area contributed by atoms with Crippen LogP contribution in [0.5, 0.6) is 0 Å². The predicted molar refractivity (Wildman–Crippen MR) is 95.2 cm³/mol. The lowest BCUT2D eigenvalue weighted by Gasteiger charge is -2.55. The highest BCUT2D eigenvalue weighted by molar-refractivity contribution is 5.96. The molecule has 0 unspecified atom stereocenters. The molecule has 0 aliphatic heterocycles. The second-order valence-corrected chi connectivity index (χ2v) is 6.68. The third kappa shape index (κ3) is 3.18. The molecule has 0 saturated heterocycles. The molecule has 1 aromatic heterocycles. The van der Waals surface area contributed by atoms with Crippen molar-refractivity contribution in [2.24, 2.45) is 5.41 Å². The Bertz CT molecular complexity index is 710. The van der Waals surface area contributed by atoms with Gasteiger partial charge in [-0.2, -0.15) is 5.10 Å². The molecule has 25 heavy (non-hydrogen) atoms. The van der Waals surface area contributed by atoms with Crippen molar-refractivity contribution in [3.8, 4) is 0 Å². The molecule has 6 nitrogen and oxygen atoms in total. The molecule has 1 N–H and O–H groups in total. The van der Waals surface area contributed by atoms with Crippen molar-refractivity contribution in [1.82, 2.24) is 20.1 Å². The van der Waals surface area contributed by atoms with Crippen LogP contribution in [0.4, 0.5) is 0 Å². The molecular weight excluding hydrogens is 316 g/mol. The van der Waals surface area contributed by atoms with E-state index in [2.05, 4.69) is 29.2 Å². The van der Waals surface area contributed by atoms with Gasteiger partial charge in [-0.25, -0.2) is 9.67 Å². The number of ether oxygens (including phenoxy) is 1. The van der Waals surface area contributed by atoms with Crippen LogP contribution in [-0.2, 0) is 11.3 Å². The van der Waals surface area contributed by atoms with Gasteiger partial charge < -0.3 is 10.1 Å². The smallest absolute Gasteiger partial charge is 0.251 e. The van der Waals surface area contributed by atoms with Crippen LogP contribution in [0, 0.1) is 5.41 Å². The van der Waals surface area contributed by atoms with Crippen molar-refractivity contribution < 1.29 is 9.53 Å². The second-order valence-electron chi connectivity index (χ2n) is 6.68. The Hall–Kier alpha value is -2.21. The maximum absolute atomic E-state index is 12.9. The lowest BCUT2D eigenvalue weighted by Crippen LogP contribution is -2.64. The standard InChI is InChI=1S/C19H26N4O2/c1-4-19(5-2)16(10-17(19)25-3)22-18(24)15-9-7-6-8-14(15)11-23-13-20-12-21-23/h6-9,12-13,16-17H,4-5,10-11H2,1-3H3,(H,22,24)/t16-,17-/m0/s1. The Morgan fingerprint density at radius 1 is 1.36 bits per heavy atom. The molecule has 2 aromatic rings. The van der Waals surface area contributed by atoms with Crippen LogP contribution in [0.3, 0.4) is 0 Å². The van der Waals surface area contributed by atoms with Crippen LogP contribution < -0.4 is 5.32 Å². The maximum Gasteiger partial charge on any atom is 0.251 e. The molecule has 6 heteroatoms. The highest BCUT2D eigenvalue weighted by Crippen LogP contribution is 2.48. The minimum atomic E-state index is -0.0263. The summed E-state index contributed by atoms with van der Waals surface area (Å²) in [6, 6.07) is 7.82. The number of methoxy groups -OCH3 is 1. The summed E-state index contributed by atoms with van der Waals surface area (Å²) in [4.78, 5) is 16.9. The van der Waals surface area contributed by atoms with Crippen LogP contribution in [0.25, 0.3) is 0 Å². The van der Waals surface area contributed by atoms with Crippen LogP contribution in [-0.4, -0.2) is 39.9 Å². The first-order valence-corrected chi connectivity index (χ1v) is 8.88. The summed E-state index contributed by atoms with van der Waals surface area (Å²) in [6.45, 7) is 4.88. The van der Waals surface area contributed by atoms with E-state index in [-0.39, 0.29) is 23.5 Å². The van der Waals surface area contributed by atoms with E-state index >= 15 is 0 Å². The molecule has 0 radical (unpaired) electrons. The van der Waals surface area contributed by atoms with Crippen LogP contribution in [0.2, 0.25) is 0 Å². The number of hydrogen-bond donors (Lipinski definition) is 1. The van der Waals surface area contributed by atoms with Crippen LogP contribution in [0.1, 0.15) is 49.0 Å². The summed E-state index contributed by atoms with van der Waals surface area (Å²) >= 11 is 0. The van der Waals surface area contributed by atoms with Gasteiger partial charge in [-0.05, 0) is 30.9 Å². The summed E-state index contributed by atoms with van der Waals surface area (Å²) in [6.07, 6.45) is 6.23. The number of amides is 1. The number of nitrogens with one attached hydrogen (secondary N) is 1. The molecule has 1 saturated carbocycles. The van der Waals surface area contributed by atoms with Gasteiger partial charge in [-0.3, -0.25) is 4.79 Å². The van der Waals surface area contributed by atoms with E-state index < -0.39 is 0 Å². The number of hydrogen-bond acceptors (Lipinski definition) is 4. The number of carbonyl (C=O) groups is 1. The summed E-state index contributed by atoms with van der Waals surface area (Å²) in [5, 5.41) is 7.37. The quantitative estimate of drug-likeness (QED) is 0.840. The molecule has 1 aromatic carbocycles. The van der Waals surface area contributed by atoms with Gasteiger partial charge in [0, 0.05) is 24.1 Å². The van der Waals surface area contributed by atoms with Crippen molar-refractivity contribution in [3.63, 3.8) is 0 Å². The van der Waals surface area contributed by atoms with Crippen LogP contribution in [0.15, 0.2) is 36.9 Å². The fourth-order valence-corrected chi connectivity index (χ4v) is 4.08. The molecule has 134 valence electrons. The number of aromatic nitrogens is 3. The van der Waals surface area contributed by atoms with E-state index in [0.29, 0.717) is 12.1 Å². The molecular formula is C19H26N4O2. The lowest BCUT2D eigenvalue weighted by atomic mass is 9.58. The fourth-order valence-electron chi connectivity index (χ4n) is 4.08. The Morgan fingerprint density at radius 3 is 2.76 bits per heavy atom. The highest BCUT2D eigenvalue weighted by Gasteiger charge is 2.53. The minimum Gasteiger partial charge on any atom is -0.381 e. The third-order valence-corrected chi connectivity index (χ3v) is 5.75. The average Bonchev–Trinajstić information content (AvgIpc) is 3.13. The zero-order valence-electron chi connectivity index (χ0n) is 15.1. The third-order valence-electron chi connectivity index (χ3n) is 5.75. The minimum absolute atomic E-state index is 0.0263. The Labute approximate surface area is 148 Å². The van der Waals surface area contributed by atoms with Gasteiger partial charge >= 0.3 is 0 Å². The molecule has 1 fully saturated rings. The number of benzene rings is 1. The number of nitrogens with zero attached hydrogens (tertiary/aromatic N) is 3. The van der Waals surface area contributed by atoms with Gasteiger partial charge in [0.25, 0.3) is 5.91 Å². The van der Waals surface area contributed by atoms with Gasteiger partial charge in [-0.1, -0.05) is 32.0 Å². The largest absolute Gasteiger partial charge is 0.381 e. The van der Waals surface area contributed by atoms with Gasteiger partial charge in [0.2, 0.25) is 0 Å². The molecule has 3 rings (SSSR count). The van der Waals surface area contributed by atoms with E-state index in [1.165, 1.54) is 6.33 Å². The number of rotatable bonds is 7. The monoisotopic (exact) mass is 342 g/mol. The van der Waals surface area contributed by atoms with Crippen molar-refractivity contribution in [2.45, 2.75) is 51.8 Å². The highest BCUT2D eigenvalue weighted by atomic mass is 16.5. The SMILES string of the molecule is CCC1(CC)[C@@H](NC(=O)c2ccccc2Cn2cncn2)C[C@@H]1OC. The summed E-state index contributed by atoms with van der Waals surface area (Å²) in [5.74, 6) is -0.0263. The average molecular weight is 342 g/mol. The predicted octanol–water partition coefficient (Wildman–Crippen LogP) is 2.65. The summed E-state index contributed by atoms with van der Waals surface area (Å²) < 4.78 is 7.35. The molecule has 1 aliphatic rings. The van der Waals surface area contributed by atoms with Gasteiger partial charge in [0.05, 0.1) is 12.6 Å². The van der Waals surface area contributed by atoms with E-state index in [1.807, 2.05) is 24.3 Å². The van der Waals surface area contributed by atoms with Crippen molar-refractivity contribution >= 4 is 5.91 Å². The number of carbonyl (C=O) groups excluding carboxylic acids is 1. The van der Waals surface area contributed by atoms with Crippen LogP contribution >= 0.6 is 0 Å². The molecule has 0 spiro atoms. The first kappa shape index (κ1) is 17.6. The molecule has 1 aliphatic carbocycles. The summed E-state index contributed by atoms with van der Waals surface area (Å²) in [5.41, 5.74) is 1.66. The Kier molecular flexibility index (Phi) is 5.18. The van der Waals surface area contributed by atoms with Gasteiger partial charge in [0.15, 0.2) is 0 Å². The zero-order chi connectivity index (χ0) is 17.9. The lowest BCUT2D eigenvalue weighted by molar-refractivity contribution is -0.120. The molecule has 1 amide bonds. The zero-order valence-corrected chi connectivity index (χ0v) is 15.1. The normalized spacial score (nSPS) is 21.6. The molecule has 2 atom stereocenters. The van der Waals surface area contributed by atoms with E-state index in [4.69, 9.17) is 4.74 Å². The Morgan fingerprint density at radius 2 is 2.12 bits per heavy atom. The maximum atomic E-state index is 12.9. The van der Waals surface area contributed by atoms with Crippen molar-refractivity contribution in [1.29, 1.82) is 0 Å². The van der Waals surface area contributed by atoms with E-state index in [0.717, 1.165) is 24.8 Å². The molecule has 0 bridgehead atoms. The van der Waals surface area contributed by atoms with Crippen molar-refractivity contribution in [2.75, 3.05) is 7.11 Å². The van der Waals surface area contributed by atoms with E-state index in [1.54, 1.807) is 18.1 Å².